The topological polar surface area (TPSA) is 60.7 Å². The van der Waals surface area contributed by atoms with Crippen LogP contribution in [0.1, 0.15) is 6.42 Å². The maximum absolute atomic E-state index is 9.44. The predicted molar refractivity (Wildman–Crippen MR) is 39.1 cm³/mol. The van der Waals surface area contributed by atoms with Gasteiger partial charge in [0, 0.05) is 5.41 Å². The minimum atomic E-state index is -0.846. The van der Waals surface area contributed by atoms with Gasteiger partial charge in [0.25, 0.3) is 0 Å². The smallest absolute Gasteiger partial charge is 0.0875 e. The molecule has 0 aromatic carbocycles. The summed E-state index contributed by atoms with van der Waals surface area (Å²) in [5.74, 6) is -0.227. The second-order valence-corrected chi connectivity index (χ2v) is 3.71. The van der Waals surface area contributed by atoms with Crippen molar-refractivity contribution < 1.29 is 15.3 Å². The zero-order valence-electron chi connectivity index (χ0n) is 6.14. The number of aliphatic hydroxyl groups excluding tert-OH is 3. The molecule has 2 aliphatic carbocycles. The molecular weight excluding hydrogens is 143 g/mol. The van der Waals surface area contributed by atoms with Crippen LogP contribution in [0.25, 0.3) is 0 Å². The highest BCUT2D eigenvalue weighted by Crippen LogP contribution is 2.67. The third kappa shape index (κ3) is 0.700. The molecule has 11 heavy (non-hydrogen) atoms. The Bertz CT molecular complexity index is 185. The summed E-state index contributed by atoms with van der Waals surface area (Å²) in [6.07, 6.45) is -0.920. The molecular formula is C7H11BO3. The third-order valence-electron chi connectivity index (χ3n) is 3.24. The molecule has 0 aromatic heterocycles. The average molecular weight is 154 g/mol. The van der Waals surface area contributed by atoms with E-state index in [0.717, 1.165) is 6.42 Å². The summed E-state index contributed by atoms with van der Waals surface area (Å²) < 4.78 is 0. The van der Waals surface area contributed by atoms with Gasteiger partial charge in [-0.05, 0) is 18.2 Å². The molecule has 0 amide bonds. The van der Waals surface area contributed by atoms with Crippen molar-refractivity contribution in [1.82, 2.24) is 0 Å². The molecule has 0 aromatic rings. The second kappa shape index (κ2) is 2.00. The van der Waals surface area contributed by atoms with Crippen molar-refractivity contribution in [3.8, 4) is 0 Å². The summed E-state index contributed by atoms with van der Waals surface area (Å²) in [6, 6.07) is 0. The summed E-state index contributed by atoms with van der Waals surface area (Å²) in [6.45, 7) is -0.0659. The molecule has 2 fully saturated rings. The fourth-order valence-corrected chi connectivity index (χ4v) is 2.27. The largest absolute Gasteiger partial charge is 0.396 e. The molecule has 3 N–H and O–H groups in total. The maximum atomic E-state index is 9.44. The lowest BCUT2D eigenvalue weighted by atomic mass is 9.81. The van der Waals surface area contributed by atoms with Crippen LogP contribution in [0, 0.1) is 11.3 Å². The number of hydrogen-bond donors (Lipinski definition) is 3. The first-order valence-electron chi connectivity index (χ1n) is 3.86. The lowest BCUT2D eigenvalue weighted by molar-refractivity contribution is -0.0181. The number of fused-ring (bicyclic) bond motifs is 1. The van der Waals surface area contributed by atoms with E-state index in [-0.39, 0.29) is 18.3 Å². The van der Waals surface area contributed by atoms with Crippen LogP contribution in [0.4, 0.5) is 0 Å². The van der Waals surface area contributed by atoms with Crippen LogP contribution < -0.4 is 0 Å². The molecule has 2 radical (unpaired) electrons. The highest BCUT2D eigenvalue weighted by molar-refractivity contribution is 6.13. The van der Waals surface area contributed by atoms with Gasteiger partial charge in [0.05, 0.1) is 26.7 Å². The van der Waals surface area contributed by atoms with Crippen LogP contribution in [0.2, 0.25) is 5.82 Å². The minimum absolute atomic E-state index is 0.0659. The highest BCUT2D eigenvalue weighted by atomic mass is 16.3. The molecule has 0 aliphatic heterocycles. The summed E-state index contributed by atoms with van der Waals surface area (Å²) in [5, 5.41) is 27.7. The van der Waals surface area contributed by atoms with Gasteiger partial charge in [-0.25, -0.2) is 0 Å². The first-order chi connectivity index (χ1) is 5.13. The Morgan fingerprint density at radius 2 is 2.09 bits per heavy atom. The molecule has 0 bridgehead atoms. The minimum Gasteiger partial charge on any atom is -0.396 e. The molecule has 4 heteroatoms. The van der Waals surface area contributed by atoms with Crippen LogP contribution in [0.15, 0.2) is 0 Å². The lowest BCUT2D eigenvalue weighted by Gasteiger charge is -2.20. The summed E-state index contributed by atoms with van der Waals surface area (Å²) >= 11 is 0. The molecule has 0 unspecified atom stereocenters. The van der Waals surface area contributed by atoms with Crippen LogP contribution >= 0.6 is 0 Å². The van der Waals surface area contributed by atoms with Crippen molar-refractivity contribution in [2.45, 2.75) is 24.4 Å². The third-order valence-corrected chi connectivity index (χ3v) is 3.24. The number of rotatable bonds is 1. The Morgan fingerprint density at radius 3 is 2.36 bits per heavy atom. The lowest BCUT2D eigenvalue weighted by Crippen LogP contribution is -2.33. The van der Waals surface area contributed by atoms with Gasteiger partial charge in [0.2, 0.25) is 0 Å². The average Bonchev–Trinajstić information content (AvgIpc) is 2.71. The van der Waals surface area contributed by atoms with Crippen molar-refractivity contribution in [3.63, 3.8) is 0 Å². The first kappa shape index (κ1) is 7.59. The van der Waals surface area contributed by atoms with E-state index >= 15 is 0 Å². The standard InChI is InChI=1S/C7H11BO3/c8-4-3-1-7(3,2-9)6(11)5(4)10/h3-6,9-11H,1-2H2/t3-,4-,5+,6+,7-/m1/s1. The van der Waals surface area contributed by atoms with Gasteiger partial charge in [0.15, 0.2) is 0 Å². The van der Waals surface area contributed by atoms with E-state index in [1.807, 2.05) is 0 Å². The van der Waals surface area contributed by atoms with Crippen molar-refractivity contribution in [3.05, 3.63) is 0 Å². The quantitative estimate of drug-likeness (QED) is 0.410. The van der Waals surface area contributed by atoms with Gasteiger partial charge in [-0.15, -0.1) is 0 Å². The van der Waals surface area contributed by atoms with E-state index in [9.17, 15) is 10.2 Å². The summed E-state index contributed by atoms with van der Waals surface area (Å²) in [5.41, 5.74) is -0.459. The van der Waals surface area contributed by atoms with Crippen LogP contribution in [0.3, 0.4) is 0 Å². The first-order valence-corrected chi connectivity index (χ1v) is 3.86. The molecule has 5 atom stereocenters. The van der Waals surface area contributed by atoms with Crippen molar-refractivity contribution >= 4 is 7.85 Å². The number of hydrogen-bond acceptors (Lipinski definition) is 3. The second-order valence-electron chi connectivity index (χ2n) is 3.71. The van der Waals surface area contributed by atoms with E-state index in [1.165, 1.54) is 0 Å². The van der Waals surface area contributed by atoms with Crippen LogP contribution in [-0.4, -0.2) is 42.0 Å². The predicted octanol–water partition coefficient (Wildman–Crippen LogP) is -1.32. The SMILES string of the molecule is [B][C@H]1[C@H](O)[C@H](O)[C@@]2(CO)C[C@H]12. The summed E-state index contributed by atoms with van der Waals surface area (Å²) in [4.78, 5) is 0. The van der Waals surface area contributed by atoms with E-state index in [0.29, 0.717) is 0 Å². The van der Waals surface area contributed by atoms with Crippen LogP contribution in [-0.2, 0) is 0 Å². The molecule has 0 saturated heterocycles. The van der Waals surface area contributed by atoms with Crippen molar-refractivity contribution in [2.75, 3.05) is 6.61 Å². The Balaban J connectivity index is 2.21. The van der Waals surface area contributed by atoms with E-state index in [1.54, 1.807) is 0 Å². The molecule has 3 nitrogen and oxygen atoms in total. The molecule has 0 heterocycles. The van der Waals surface area contributed by atoms with E-state index in [4.69, 9.17) is 13.0 Å². The molecule has 2 saturated carbocycles. The molecule has 0 spiro atoms. The van der Waals surface area contributed by atoms with E-state index in [2.05, 4.69) is 0 Å². The Morgan fingerprint density at radius 1 is 1.45 bits per heavy atom. The maximum Gasteiger partial charge on any atom is 0.0875 e. The zero-order valence-corrected chi connectivity index (χ0v) is 6.14. The number of aliphatic hydroxyl groups is 3. The Hall–Kier alpha value is -0.0551. The van der Waals surface area contributed by atoms with Gasteiger partial charge in [0.1, 0.15) is 0 Å². The fourth-order valence-electron chi connectivity index (χ4n) is 2.27. The monoisotopic (exact) mass is 154 g/mol. The van der Waals surface area contributed by atoms with Gasteiger partial charge in [-0.3, -0.25) is 0 Å². The highest BCUT2D eigenvalue weighted by Gasteiger charge is 2.68. The van der Waals surface area contributed by atoms with Gasteiger partial charge >= 0.3 is 0 Å². The van der Waals surface area contributed by atoms with Gasteiger partial charge in [-0.2, -0.15) is 0 Å². The van der Waals surface area contributed by atoms with Gasteiger partial charge in [-0.1, -0.05) is 0 Å². The molecule has 2 rings (SSSR count). The normalized spacial score (nSPS) is 61.0. The molecule has 2 aliphatic rings. The fraction of sp³-hybridized carbons (Fsp3) is 1.00. The Kier molecular flexibility index (Phi) is 1.38. The van der Waals surface area contributed by atoms with Gasteiger partial charge < -0.3 is 15.3 Å². The van der Waals surface area contributed by atoms with Crippen molar-refractivity contribution in [2.24, 2.45) is 11.3 Å². The molecule has 60 valence electrons. The van der Waals surface area contributed by atoms with Crippen molar-refractivity contribution in [1.29, 1.82) is 0 Å². The Labute approximate surface area is 66.5 Å². The summed E-state index contributed by atoms with van der Waals surface area (Å²) in [7, 11) is 5.59. The van der Waals surface area contributed by atoms with Crippen LogP contribution in [0.5, 0.6) is 0 Å². The van der Waals surface area contributed by atoms with E-state index < -0.39 is 17.6 Å². The zero-order chi connectivity index (χ0) is 8.22.